The van der Waals surface area contributed by atoms with E-state index in [1.54, 1.807) is 22.7 Å². The first-order valence-electron chi connectivity index (χ1n) is 18.3. The molecule has 0 saturated heterocycles. The molecular weight excluding hydrogens is 705 g/mol. The number of aryl methyl sites for hydroxylation is 10. The number of H-pyrrole nitrogens is 2. The van der Waals surface area contributed by atoms with Crippen LogP contribution in [0, 0.1) is 27.7 Å². The van der Waals surface area contributed by atoms with Crippen LogP contribution in [0.4, 0.5) is 11.4 Å². The summed E-state index contributed by atoms with van der Waals surface area (Å²) < 4.78 is 0. The molecule has 4 heterocycles. The third-order valence-corrected chi connectivity index (χ3v) is 12.1. The fourth-order valence-electron chi connectivity index (χ4n) is 7.50. The zero-order chi connectivity index (χ0) is 37.2. The van der Waals surface area contributed by atoms with Gasteiger partial charge in [-0.1, -0.05) is 12.1 Å². The van der Waals surface area contributed by atoms with Gasteiger partial charge in [0.15, 0.2) is 0 Å². The van der Waals surface area contributed by atoms with E-state index in [-0.39, 0.29) is 35.8 Å². The van der Waals surface area contributed by atoms with Gasteiger partial charge in [0.05, 0.1) is 10.8 Å². The van der Waals surface area contributed by atoms with Crippen LogP contribution in [0.15, 0.2) is 46.0 Å². The molecule has 2 aliphatic carbocycles. The number of amides is 2. The van der Waals surface area contributed by atoms with Crippen LogP contribution < -0.4 is 21.8 Å². The maximum atomic E-state index is 12.6. The van der Waals surface area contributed by atoms with E-state index < -0.39 is 0 Å². The van der Waals surface area contributed by atoms with Gasteiger partial charge in [-0.2, -0.15) is 0 Å². The molecule has 53 heavy (non-hydrogen) atoms. The molecule has 4 aromatic heterocycles. The van der Waals surface area contributed by atoms with Gasteiger partial charge in [-0.05, 0) is 130 Å². The molecule has 2 amide bonds. The molecule has 2 aromatic carbocycles. The molecule has 0 unspecified atom stereocenters. The Labute approximate surface area is 315 Å². The smallest absolute Gasteiger partial charge is 0.259 e. The van der Waals surface area contributed by atoms with Gasteiger partial charge < -0.3 is 20.6 Å². The number of thiophene rings is 2. The van der Waals surface area contributed by atoms with Crippen LogP contribution in [-0.2, 0) is 48.1 Å². The Bertz CT molecular complexity index is 2450. The lowest BCUT2D eigenvalue weighted by molar-refractivity contribution is -0.117. The predicted molar refractivity (Wildman–Crippen MR) is 215 cm³/mol. The maximum Gasteiger partial charge on any atom is 0.259 e. The number of nitrogens with zero attached hydrogens (tertiary/aromatic N) is 2. The molecule has 0 spiro atoms. The zero-order valence-electron chi connectivity index (χ0n) is 30.6. The van der Waals surface area contributed by atoms with E-state index in [9.17, 15) is 19.2 Å². The van der Waals surface area contributed by atoms with E-state index in [1.807, 2.05) is 52.0 Å². The summed E-state index contributed by atoms with van der Waals surface area (Å²) in [6.45, 7) is 8.02. The Hall–Kier alpha value is -4.94. The highest BCUT2D eigenvalue weighted by atomic mass is 32.1. The molecule has 6 aromatic rings. The molecule has 10 nitrogen and oxygen atoms in total. The van der Waals surface area contributed by atoms with Gasteiger partial charge in [0, 0.05) is 46.8 Å². The van der Waals surface area contributed by atoms with Crippen LogP contribution in [0.2, 0.25) is 0 Å². The van der Waals surface area contributed by atoms with Crippen molar-refractivity contribution in [3.63, 3.8) is 0 Å². The third-order valence-electron chi connectivity index (χ3n) is 9.69. The third kappa shape index (κ3) is 8.49. The molecule has 274 valence electrons. The van der Waals surface area contributed by atoms with Crippen molar-refractivity contribution >= 4 is 66.3 Å². The zero-order valence-corrected chi connectivity index (χ0v) is 32.2. The van der Waals surface area contributed by atoms with Crippen molar-refractivity contribution in [1.29, 1.82) is 0 Å². The first kappa shape index (κ1) is 36.4. The van der Waals surface area contributed by atoms with Crippen LogP contribution >= 0.6 is 22.7 Å². The second-order valence-electron chi connectivity index (χ2n) is 14.3. The van der Waals surface area contributed by atoms with Gasteiger partial charge in [0.25, 0.3) is 11.1 Å². The van der Waals surface area contributed by atoms with Gasteiger partial charge in [-0.3, -0.25) is 19.2 Å². The first-order valence-corrected chi connectivity index (χ1v) is 20.0. The van der Waals surface area contributed by atoms with Crippen LogP contribution in [0.1, 0.15) is 86.9 Å². The molecule has 0 radical (unpaired) electrons. The number of hydrogen-bond acceptors (Lipinski definition) is 8. The fraction of sp³-hybridized carbons (Fsp3) is 0.366. The second-order valence-corrected chi connectivity index (χ2v) is 16.5. The molecule has 8 rings (SSSR count). The highest BCUT2D eigenvalue weighted by Gasteiger charge is 2.22. The van der Waals surface area contributed by atoms with E-state index in [2.05, 4.69) is 42.7 Å². The number of rotatable bonds is 8. The van der Waals surface area contributed by atoms with Crippen LogP contribution in [0.5, 0.6) is 0 Å². The molecule has 0 fully saturated rings. The fourth-order valence-corrected chi connectivity index (χ4v) is 10.1. The van der Waals surface area contributed by atoms with Gasteiger partial charge in [0.1, 0.15) is 21.3 Å². The van der Waals surface area contributed by atoms with E-state index >= 15 is 0 Å². The molecule has 0 bridgehead atoms. The summed E-state index contributed by atoms with van der Waals surface area (Å²) in [4.78, 5) is 68.7. The van der Waals surface area contributed by atoms with Gasteiger partial charge in [0.2, 0.25) is 11.8 Å². The van der Waals surface area contributed by atoms with Crippen LogP contribution in [0.25, 0.3) is 20.4 Å². The van der Waals surface area contributed by atoms with E-state index in [1.165, 1.54) is 27.3 Å². The van der Waals surface area contributed by atoms with Crippen molar-refractivity contribution in [3.05, 3.63) is 112 Å². The average Bonchev–Trinajstić information content (AvgIpc) is 3.79. The number of nitrogens with one attached hydrogen (secondary N) is 4. The lowest BCUT2D eigenvalue weighted by Crippen LogP contribution is -2.16. The van der Waals surface area contributed by atoms with E-state index in [0.717, 1.165) is 92.6 Å². The SMILES string of the molecule is Cc1cc(C)cc(NC(=O)CCc2nc3sc4c(c3c(=O)[nH]2)CCC4)c1.Cc1cc(C)cc(NC(=O)CCc2nc3sc4c(c3c(=O)[nH]2)CCCC4)c1. The van der Waals surface area contributed by atoms with Crippen molar-refractivity contribution in [3.8, 4) is 0 Å². The Kier molecular flexibility index (Phi) is 10.7. The summed E-state index contributed by atoms with van der Waals surface area (Å²) >= 11 is 3.26. The minimum Gasteiger partial charge on any atom is -0.326 e. The lowest BCUT2D eigenvalue weighted by atomic mass is 9.97. The Balaban J connectivity index is 0.000000164. The standard InChI is InChI=1S/C21H23N3O2S.C20H21N3O2S/c1-12-9-13(2)11-14(10-12)22-18(25)8-7-17-23-20(26)19-15-5-3-4-6-16(15)27-21(19)24-17;1-11-8-12(2)10-13(9-11)21-17(24)7-6-16-22-19(25)18-14-4-3-5-15(14)26-20(18)23-16/h9-11H,3-8H2,1-2H3,(H,22,25)(H,23,24,26);8-10H,3-7H2,1-2H3,(H,21,24)(H,22,23,25). The van der Waals surface area contributed by atoms with E-state index in [0.29, 0.717) is 24.5 Å². The van der Waals surface area contributed by atoms with E-state index in [4.69, 9.17) is 0 Å². The Morgan fingerprint density at radius 3 is 1.45 bits per heavy atom. The molecule has 4 N–H and O–H groups in total. The molecule has 0 saturated carbocycles. The Morgan fingerprint density at radius 1 is 0.604 bits per heavy atom. The minimum absolute atomic E-state index is 0.0656. The number of carbonyl (C=O) groups excluding carboxylic acids is 2. The van der Waals surface area contributed by atoms with Gasteiger partial charge >= 0.3 is 0 Å². The molecule has 0 aliphatic heterocycles. The minimum atomic E-state index is -0.0774. The second kappa shape index (κ2) is 15.6. The summed E-state index contributed by atoms with van der Waals surface area (Å²) in [5, 5.41) is 7.37. The molecular formula is C41H44N6O4S2. The number of aromatic amines is 2. The van der Waals surface area contributed by atoms with Crippen molar-refractivity contribution in [2.75, 3.05) is 10.6 Å². The summed E-state index contributed by atoms with van der Waals surface area (Å²) in [5.41, 5.74) is 8.30. The summed E-state index contributed by atoms with van der Waals surface area (Å²) in [6.07, 6.45) is 8.88. The lowest BCUT2D eigenvalue weighted by Gasteiger charge is -2.09. The summed E-state index contributed by atoms with van der Waals surface area (Å²) in [6, 6.07) is 11.9. The first-order chi connectivity index (χ1) is 25.5. The highest BCUT2D eigenvalue weighted by molar-refractivity contribution is 7.19. The Morgan fingerprint density at radius 2 is 1.00 bits per heavy atom. The number of benzene rings is 2. The maximum absolute atomic E-state index is 12.6. The van der Waals surface area contributed by atoms with Crippen LogP contribution in [-0.4, -0.2) is 31.8 Å². The van der Waals surface area contributed by atoms with Gasteiger partial charge in [-0.25, -0.2) is 9.97 Å². The number of carbonyl (C=O) groups is 2. The van der Waals surface area contributed by atoms with Crippen LogP contribution in [0.3, 0.4) is 0 Å². The largest absolute Gasteiger partial charge is 0.326 e. The number of aromatic nitrogens is 4. The molecule has 0 atom stereocenters. The number of hydrogen-bond donors (Lipinski definition) is 4. The number of fused-ring (bicyclic) bond motifs is 6. The molecule has 2 aliphatic rings. The summed E-state index contributed by atoms with van der Waals surface area (Å²) in [7, 11) is 0. The van der Waals surface area contributed by atoms with Crippen molar-refractivity contribution in [2.45, 2.75) is 98.3 Å². The quantitative estimate of drug-likeness (QED) is 0.125. The number of anilines is 2. The monoisotopic (exact) mass is 748 g/mol. The van der Waals surface area contributed by atoms with Gasteiger partial charge in [-0.15, -0.1) is 22.7 Å². The van der Waals surface area contributed by atoms with Crippen molar-refractivity contribution < 1.29 is 9.59 Å². The highest BCUT2D eigenvalue weighted by Crippen LogP contribution is 2.35. The topological polar surface area (TPSA) is 150 Å². The molecule has 12 heteroatoms. The van der Waals surface area contributed by atoms with Crippen molar-refractivity contribution in [2.24, 2.45) is 0 Å². The normalized spacial score (nSPS) is 13.4. The average molecular weight is 749 g/mol. The summed E-state index contributed by atoms with van der Waals surface area (Å²) in [5.74, 6) is 1.01. The van der Waals surface area contributed by atoms with Crippen molar-refractivity contribution in [1.82, 2.24) is 19.9 Å². The predicted octanol–water partition coefficient (Wildman–Crippen LogP) is 7.71.